The summed E-state index contributed by atoms with van der Waals surface area (Å²) in [7, 11) is 0. The maximum atomic E-state index is 10.1. The van der Waals surface area contributed by atoms with Gasteiger partial charge >= 0.3 is 0 Å². The van der Waals surface area contributed by atoms with Crippen molar-refractivity contribution in [2.75, 3.05) is 31.1 Å². The minimum Gasteiger partial charge on any atom is -0.355 e. The van der Waals surface area contributed by atoms with Crippen molar-refractivity contribution in [1.82, 2.24) is 14.3 Å². The zero-order valence-corrected chi connectivity index (χ0v) is 21.9. The minimum atomic E-state index is 0.177. The van der Waals surface area contributed by atoms with E-state index in [0.717, 1.165) is 72.7 Å². The number of piperazine rings is 1. The maximum Gasteiger partial charge on any atom is 0.157 e. The van der Waals surface area contributed by atoms with Gasteiger partial charge in [-0.2, -0.15) is 5.26 Å². The number of imidazole rings is 1. The molecule has 0 bridgehead atoms. The molecule has 7 rings (SSSR count). The molecule has 0 saturated carbocycles. The molecule has 1 aliphatic heterocycles. The van der Waals surface area contributed by atoms with Crippen LogP contribution in [0.1, 0.15) is 40.3 Å². The van der Waals surface area contributed by atoms with Gasteiger partial charge in [0.25, 0.3) is 0 Å². The molecule has 0 radical (unpaired) electrons. The third-order valence-corrected chi connectivity index (χ3v) is 8.43. The number of hydrogen-bond donors (Lipinski definition) is 0. The van der Waals surface area contributed by atoms with Gasteiger partial charge in [0.05, 0.1) is 22.6 Å². The summed E-state index contributed by atoms with van der Waals surface area (Å²) in [5.41, 5.74) is 8.67. The highest BCUT2D eigenvalue weighted by atomic mass is 35.5. The topological polar surface area (TPSA) is 47.6 Å². The lowest BCUT2D eigenvalue weighted by molar-refractivity contribution is 0.212. The van der Waals surface area contributed by atoms with E-state index in [2.05, 4.69) is 74.9 Å². The molecule has 1 unspecified atom stereocenters. The Balaban J connectivity index is 1.28. The zero-order valence-electron chi connectivity index (χ0n) is 21.1. The summed E-state index contributed by atoms with van der Waals surface area (Å²) in [6.07, 6.45) is 3.06. The predicted octanol–water partition coefficient (Wildman–Crippen LogP) is 6.41. The van der Waals surface area contributed by atoms with Crippen LogP contribution in [0.25, 0.3) is 16.7 Å². The molecular formula is C32H28ClN5. The highest BCUT2D eigenvalue weighted by Crippen LogP contribution is 2.39. The van der Waals surface area contributed by atoms with Gasteiger partial charge in [0.15, 0.2) is 5.65 Å². The van der Waals surface area contributed by atoms with Crippen molar-refractivity contribution in [1.29, 1.82) is 5.26 Å². The highest BCUT2D eigenvalue weighted by molar-refractivity contribution is 6.30. The van der Waals surface area contributed by atoms with E-state index in [0.29, 0.717) is 0 Å². The molecule has 2 aliphatic rings. The minimum absolute atomic E-state index is 0.177. The fourth-order valence-corrected chi connectivity index (χ4v) is 6.61. The van der Waals surface area contributed by atoms with Gasteiger partial charge in [-0.3, -0.25) is 9.30 Å². The van der Waals surface area contributed by atoms with Gasteiger partial charge in [0, 0.05) is 31.2 Å². The van der Waals surface area contributed by atoms with Gasteiger partial charge in [-0.15, -0.1) is 0 Å². The van der Waals surface area contributed by atoms with Crippen molar-refractivity contribution in [3.05, 3.63) is 112 Å². The monoisotopic (exact) mass is 517 g/mol. The molecule has 0 amide bonds. The lowest BCUT2D eigenvalue weighted by atomic mass is 9.96. The van der Waals surface area contributed by atoms with Crippen molar-refractivity contribution < 1.29 is 0 Å². The van der Waals surface area contributed by atoms with Crippen molar-refractivity contribution in [3.63, 3.8) is 0 Å². The average Bonchev–Trinajstić information content (AvgIpc) is 3.59. The zero-order chi connectivity index (χ0) is 25.6. The number of aromatic nitrogens is 2. The lowest BCUT2D eigenvalue weighted by Gasteiger charge is -2.41. The summed E-state index contributed by atoms with van der Waals surface area (Å²) < 4.78 is 2.27. The standard InChI is InChI=1S/C32H28ClN5/c33-24-15-13-23(14-16-24)30(22-7-2-1-3-8-22)36-17-19-37(20-18-36)32-26-10-6-9-25(26)27(21-34)31-35-28-11-4-5-12-29(28)38(31)32/h1-5,7-8,11-16,30H,6,9-10,17-20H2. The molecule has 5 nitrogen and oxygen atoms in total. The van der Waals surface area contributed by atoms with Crippen molar-refractivity contribution in [3.8, 4) is 6.07 Å². The normalized spacial score (nSPS) is 16.6. The van der Waals surface area contributed by atoms with Gasteiger partial charge in [-0.1, -0.05) is 66.2 Å². The summed E-state index contributed by atoms with van der Waals surface area (Å²) in [5, 5.41) is 10.9. The van der Waals surface area contributed by atoms with E-state index in [-0.39, 0.29) is 6.04 Å². The quantitative estimate of drug-likeness (QED) is 0.276. The van der Waals surface area contributed by atoms with Gasteiger partial charge < -0.3 is 4.90 Å². The molecule has 0 N–H and O–H groups in total. The van der Waals surface area contributed by atoms with E-state index < -0.39 is 0 Å². The summed E-state index contributed by atoms with van der Waals surface area (Å²) in [5.74, 6) is 1.24. The third-order valence-electron chi connectivity index (χ3n) is 8.18. The number of nitriles is 1. The fraction of sp³-hybridized carbons (Fsp3) is 0.250. The molecule has 0 spiro atoms. The van der Waals surface area contributed by atoms with E-state index >= 15 is 0 Å². The first-order valence-corrected chi connectivity index (χ1v) is 13.7. The van der Waals surface area contributed by atoms with Crippen LogP contribution in [0.5, 0.6) is 0 Å². The molecule has 6 heteroatoms. The first-order valence-electron chi connectivity index (χ1n) is 13.4. The summed E-state index contributed by atoms with van der Waals surface area (Å²) >= 11 is 6.24. The van der Waals surface area contributed by atoms with E-state index in [1.165, 1.54) is 28.1 Å². The second-order valence-electron chi connectivity index (χ2n) is 10.3. The third kappa shape index (κ3) is 3.75. The van der Waals surface area contributed by atoms with Crippen LogP contribution in [-0.4, -0.2) is 40.5 Å². The van der Waals surface area contributed by atoms with Crippen LogP contribution < -0.4 is 4.90 Å². The van der Waals surface area contributed by atoms with E-state index in [1.807, 2.05) is 24.3 Å². The molecule has 1 fully saturated rings. The molecule has 2 aromatic heterocycles. The number of benzene rings is 3. The van der Waals surface area contributed by atoms with Crippen molar-refractivity contribution in [2.45, 2.75) is 25.3 Å². The molecule has 3 aromatic carbocycles. The van der Waals surface area contributed by atoms with Gasteiger partial charge in [-0.25, -0.2) is 4.98 Å². The Morgan fingerprint density at radius 3 is 2.24 bits per heavy atom. The molecule has 38 heavy (non-hydrogen) atoms. The number of pyridine rings is 1. The average molecular weight is 518 g/mol. The Labute approximate surface area is 227 Å². The number of para-hydroxylation sites is 2. The van der Waals surface area contributed by atoms with Crippen molar-refractivity contribution in [2.24, 2.45) is 0 Å². The number of hydrogen-bond acceptors (Lipinski definition) is 4. The molecule has 1 aliphatic carbocycles. The second kappa shape index (κ2) is 9.47. The lowest BCUT2D eigenvalue weighted by Crippen LogP contribution is -2.48. The van der Waals surface area contributed by atoms with Gasteiger partial charge in [-0.05, 0) is 65.8 Å². The maximum absolute atomic E-state index is 10.1. The van der Waals surface area contributed by atoms with Crippen LogP contribution in [-0.2, 0) is 12.8 Å². The van der Waals surface area contributed by atoms with Crippen LogP contribution in [0.3, 0.4) is 0 Å². The fourth-order valence-electron chi connectivity index (χ4n) is 6.48. The number of anilines is 1. The van der Waals surface area contributed by atoms with Gasteiger partial charge in [0.1, 0.15) is 11.9 Å². The summed E-state index contributed by atoms with van der Waals surface area (Å²) in [6.45, 7) is 3.70. The van der Waals surface area contributed by atoms with Crippen LogP contribution >= 0.6 is 11.6 Å². The van der Waals surface area contributed by atoms with Crippen LogP contribution in [0.2, 0.25) is 5.02 Å². The number of fused-ring (bicyclic) bond motifs is 4. The largest absolute Gasteiger partial charge is 0.355 e. The Hall–Kier alpha value is -3.85. The predicted molar refractivity (Wildman–Crippen MR) is 153 cm³/mol. The first kappa shape index (κ1) is 23.3. The summed E-state index contributed by atoms with van der Waals surface area (Å²) in [4.78, 5) is 10.1. The smallest absolute Gasteiger partial charge is 0.157 e. The Morgan fingerprint density at radius 2 is 1.47 bits per heavy atom. The molecular weight excluding hydrogens is 490 g/mol. The second-order valence-corrected chi connectivity index (χ2v) is 10.7. The van der Waals surface area contributed by atoms with E-state index in [4.69, 9.17) is 16.6 Å². The molecule has 1 atom stereocenters. The van der Waals surface area contributed by atoms with Crippen LogP contribution in [0.4, 0.5) is 5.82 Å². The Morgan fingerprint density at radius 1 is 0.789 bits per heavy atom. The Bertz CT molecular complexity index is 1680. The SMILES string of the molecule is N#Cc1c2c(c(N3CCN(C(c4ccccc4)c4ccc(Cl)cc4)CC3)n3c1nc1ccccc13)CCC2. The van der Waals surface area contributed by atoms with E-state index in [9.17, 15) is 5.26 Å². The highest BCUT2D eigenvalue weighted by Gasteiger charge is 2.32. The number of halogens is 1. The summed E-state index contributed by atoms with van der Waals surface area (Å²) in [6, 6.07) is 30.0. The molecule has 1 saturated heterocycles. The Kier molecular flexibility index (Phi) is 5.80. The van der Waals surface area contributed by atoms with Crippen LogP contribution in [0.15, 0.2) is 78.9 Å². The van der Waals surface area contributed by atoms with Crippen molar-refractivity contribution >= 4 is 34.1 Å². The molecule has 5 aromatic rings. The molecule has 3 heterocycles. The number of nitrogens with zero attached hydrogens (tertiary/aromatic N) is 5. The number of rotatable bonds is 4. The van der Waals surface area contributed by atoms with Gasteiger partial charge in [0.2, 0.25) is 0 Å². The van der Waals surface area contributed by atoms with Crippen LogP contribution in [0, 0.1) is 11.3 Å². The van der Waals surface area contributed by atoms with E-state index in [1.54, 1.807) is 0 Å². The molecule has 188 valence electrons. The first-order chi connectivity index (χ1) is 18.7.